The van der Waals surface area contributed by atoms with Gasteiger partial charge in [-0.1, -0.05) is 15.9 Å². The predicted molar refractivity (Wildman–Crippen MR) is 70.5 cm³/mol. The molecule has 1 unspecified atom stereocenters. The number of carbonyl (C=O) groups excluding carboxylic acids is 1. The van der Waals surface area contributed by atoms with Gasteiger partial charge in [-0.05, 0) is 37.5 Å². The van der Waals surface area contributed by atoms with E-state index in [0.29, 0.717) is 11.9 Å². The minimum Gasteiger partial charge on any atom is -0.507 e. The first kappa shape index (κ1) is 13.3. The van der Waals surface area contributed by atoms with Crippen LogP contribution in [-0.4, -0.2) is 33.8 Å². The summed E-state index contributed by atoms with van der Waals surface area (Å²) < 4.78 is 13.2. The lowest BCUT2D eigenvalue weighted by Gasteiger charge is -2.34. The molecule has 3 nitrogen and oxygen atoms in total. The standard InChI is InChI=1S/C13H15BrFNO2/c14-8-10-3-1-2-6-16(10)13(18)11-7-9(15)4-5-12(11)17/h4-5,7,10,17H,1-3,6,8H2. The monoisotopic (exact) mass is 315 g/mol. The molecular weight excluding hydrogens is 301 g/mol. The predicted octanol–water partition coefficient (Wildman–Crippen LogP) is 2.92. The lowest BCUT2D eigenvalue weighted by molar-refractivity contribution is 0.0638. The van der Waals surface area contributed by atoms with E-state index in [-0.39, 0.29) is 23.3 Å². The Morgan fingerprint density at radius 2 is 2.28 bits per heavy atom. The quantitative estimate of drug-likeness (QED) is 0.852. The van der Waals surface area contributed by atoms with Crippen molar-refractivity contribution in [2.24, 2.45) is 0 Å². The molecule has 1 heterocycles. The third-order valence-corrected chi connectivity index (χ3v) is 4.00. The summed E-state index contributed by atoms with van der Waals surface area (Å²) in [4.78, 5) is 14.0. The van der Waals surface area contributed by atoms with Gasteiger partial charge in [-0.15, -0.1) is 0 Å². The van der Waals surface area contributed by atoms with E-state index in [4.69, 9.17) is 0 Å². The molecular formula is C13H15BrFNO2. The molecule has 1 atom stereocenters. The maximum Gasteiger partial charge on any atom is 0.257 e. The van der Waals surface area contributed by atoms with E-state index in [9.17, 15) is 14.3 Å². The number of nitrogens with zero attached hydrogens (tertiary/aromatic N) is 1. The third kappa shape index (κ3) is 2.66. The first-order valence-electron chi connectivity index (χ1n) is 5.99. The second-order valence-electron chi connectivity index (χ2n) is 4.46. The molecule has 98 valence electrons. The molecule has 0 aromatic heterocycles. The van der Waals surface area contributed by atoms with E-state index in [2.05, 4.69) is 15.9 Å². The number of aromatic hydroxyl groups is 1. The van der Waals surface area contributed by atoms with Gasteiger partial charge < -0.3 is 10.0 Å². The molecule has 0 spiro atoms. The topological polar surface area (TPSA) is 40.5 Å². The molecule has 1 saturated heterocycles. The normalized spacial score (nSPS) is 19.9. The molecule has 1 N–H and O–H groups in total. The highest BCUT2D eigenvalue weighted by Gasteiger charge is 2.28. The van der Waals surface area contributed by atoms with Crippen molar-refractivity contribution < 1.29 is 14.3 Å². The largest absolute Gasteiger partial charge is 0.507 e. The van der Waals surface area contributed by atoms with Gasteiger partial charge in [0, 0.05) is 17.9 Å². The number of hydrogen-bond acceptors (Lipinski definition) is 2. The SMILES string of the molecule is O=C(c1cc(F)ccc1O)N1CCCCC1CBr. The zero-order valence-electron chi connectivity index (χ0n) is 9.90. The molecule has 1 aromatic rings. The van der Waals surface area contributed by atoms with Gasteiger partial charge in [0.25, 0.3) is 5.91 Å². The number of phenolic OH excluding ortho intramolecular Hbond substituents is 1. The molecule has 1 fully saturated rings. The van der Waals surface area contributed by atoms with Gasteiger partial charge >= 0.3 is 0 Å². The van der Waals surface area contributed by atoms with Crippen LogP contribution >= 0.6 is 15.9 Å². The number of carbonyl (C=O) groups is 1. The Balaban J connectivity index is 2.26. The van der Waals surface area contributed by atoms with Gasteiger partial charge in [0.15, 0.2) is 0 Å². The van der Waals surface area contributed by atoms with Crippen LogP contribution in [0.5, 0.6) is 5.75 Å². The van der Waals surface area contributed by atoms with E-state index >= 15 is 0 Å². The molecule has 1 aromatic carbocycles. The molecule has 0 radical (unpaired) electrons. The van der Waals surface area contributed by atoms with Crippen LogP contribution in [0.3, 0.4) is 0 Å². The van der Waals surface area contributed by atoms with Crippen LogP contribution in [0.1, 0.15) is 29.6 Å². The summed E-state index contributed by atoms with van der Waals surface area (Å²) in [6, 6.07) is 3.58. The average molecular weight is 316 g/mol. The summed E-state index contributed by atoms with van der Waals surface area (Å²) in [6.07, 6.45) is 2.98. The van der Waals surface area contributed by atoms with E-state index in [1.807, 2.05) is 0 Å². The summed E-state index contributed by atoms with van der Waals surface area (Å²) >= 11 is 3.39. The van der Waals surface area contributed by atoms with Crippen molar-refractivity contribution in [1.82, 2.24) is 4.90 Å². The van der Waals surface area contributed by atoms with Gasteiger partial charge in [-0.2, -0.15) is 0 Å². The number of piperidine rings is 1. The van der Waals surface area contributed by atoms with E-state index in [1.54, 1.807) is 4.90 Å². The number of hydrogen-bond donors (Lipinski definition) is 1. The van der Waals surface area contributed by atoms with Crippen molar-refractivity contribution in [2.75, 3.05) is 11.9 Å². The van der Waals surface area contributed by atoms with Crippen LogP contribution in [0.2, 0.25) is 0 Å². The second kappa shape index (κ2) is 5.69. The third-order valence-electron chi connectivity index (χ3n) is 3.26. The highest BCUT2D eigenvalue weighted by molar-refractivity contribution is 9.09. The van der Waals surface area contributed by atoms with Crippen molar-refractivity contribution in [3.8, 4) is 5.75 Å². The summed E-state index contributed by atoms with van der Waals surface area (Å²) in [5, 5.41) is 10.4. The number of rotatable bonds is 2. The van der Waals surface area contributed by atoms with Crippen LogP contribution in [0, 0.1) is 5.82 Å². The molecule has 1 amide bonds. The Bertz CT molecular complexity index is 453. The van der Waals surface area contributed by atoms with Crippen LogP contribution in [-0.2, 0) is 0 Å². The lowest BCUT2D eigenvalue weighted by atomic mass is 10.0. The Hall–Kier alpha value is -1.10. The fourth-order valence-corrected chi connectivity index (χ4v) is 2.94. The molecule has 2 rings (SSSR count). The Morgan fingerprint density at radius 3 is 3.00 bits per heavy atom. The zero-order valence-corrected chi connectivity index (χ0v) is 11.5. The van der Waals surface area contributed by atoms with E-state index < -0.39 is 5.82 Å². The highest BCUT2D eigenvalue weighted by atomic mass is 79.9. The summed E-state index contributed by atoms with van der Waals surface area (Å²) in [5.41, 5.74) is 0.0443. The minimum atomic E-state index is -0.511. The fourth-order valence-electron chi connectivity index (χ4n) is 2.26. The van der Waals surface area contributed by atoms with Gasteiger partial charge in [0.1, 0.15) is 11.6 Å². The number of likely N-dealkylation sites (tertiary alicyclic amines) is 1. The molecule has 0 bridgehead atoms. The molecule has 0 aliphatic carbocycles. The van der Waals surface area contributed by atoms with E-state index in [1.165, 1.54) is 6.07 Å². The molecule has 1 aliphatic rings. The maximum absolute atomic E-state index is 13.2. The number of phenols is 1. The number of alkyl halides is 1. The van der Waals surface area contributed by atoms with E-state index in [0.717, 1.165) is 31.4 Å². The van der Waals surface area contributed by atoms with Crippen molar-refractivity contribution >= 4 is 21.8 Å². The van der Waals surface area contributed by atoms with Crippen LogP contribution < -0.4 is 0 Å². The lowest BCUT2D eigenvalue weighted by Crippen LogP contribution is -2.44. The first-order chi connectivity index (χ1) is 8.63. The maximum atomic E-state index is 13.2. The summed E-state index contributed by atoms with van der Waals surface area (Å²) in [5.74, 6) is -0.972. The highest BCUT2D eigenvalue weighted by Crippen LogP contribution is 2.25. The van der Waals surface area contributed by atoms with Crippen molar-refractivity contribution in [2.45, 2.75) is 25.3 Å². The van der Waals surface area contributed by atoms with Crippen molar-refractivity contribution in [1.29, 1.82) is 0 Å². The number of halogens is 2. The van der Waals surface area contributed by atoms with Gasteiger partial charge in [0.05, 0.1) is 5.56 Å². The average Bonchev–Trinajstić information content (AvgIpc) is 2.40. The number of amides is 1. The molecule has 18 heavy (non-hydrogen) atoms. The Labute approximate surface area is 114 Å². The van der Waals surface area contributed by atoms with Crippen LogP contribution in [0.4, 0.5) is 4.39 Å². The summed E-state index contributed by atoms with van der Waals surface area (Å²) in [7, 11) is 0. The smallest absolute Gasteiger partial charge is 0.257 e. The van der Waals surface area contributed by atoms with Gasteiger partial charge in [0.2, 0.25) is 0 Å². The summed E-state index contributed by atoms with van der Waals surface area (Å²) in [6.45, 7) is 0.658. The van der Waals surface area contributed by atoms with Gasteiger partial charge in [-0.3, -0.25) is 4.79 Å². The minimum absolute atomic E-state index is 0.0443. The van der Waals surface area contributed by atoms with Gasteiger partial charge in [-0.25, -0.2) is 4.39 Å². The molecule has 0 saturated carbocycles. The molecule has 1 aliphatic heterocycles. The van der Waals surface area contributed by atoms with Crippen molar-refractivity contribution in [3.05, 3.63) is 29.6 Å². The Kier molecular flexibility index (Phi) is 4.22. The zero-order chi connectivity index (χ0) is 13.1. The second-order valence-corrected chi connectivity index (χ2v) is 5.11. The molecule has 5 heteroatoms. The first-order valence-corrected chi connectivity index (χ1v) is 7.11. The number of benzene rings is 1. The van der Waals surface area contributed by atoms with Crippen LogP contribution in [0.15, 0.2) is 18.2 Å². The fraction of sp³-hybridized carbons (Fsp3) is 0.462. The van der Waals surface area contributed by atoms with Crippen LogP contribution in [0.25, 0.3) is 0 Å². The Morgan fingerprint density at radius 1 is 1.50 bits per heavy atom. The van der Waals surface area contributed by atoms with Crippen molar-refractivity contribution in [3.63, 3.8) is 0 Å².